The Morgan fingerprint density at radius 2 is 1.76 bits per heavy atom. The number of carbonyl (C=O) groups is 3. The van der Waals surface area contributed by atoms with Crippen molar-refractivity contribution in [2.45, 2.75) is 6.92 Å². The van der Waals surface area contributed by atoms with Gasteiger partial charge in [0.05, 0.1) is 11.1 Å². The Morgan fingerprint density at radius 3 is 2.52 bits per heavy atom. The molecule has 4 rings (SSSR count). The lowest BCUT2D eigenvalue weighted by Gasteiger charge is -2.05. The third kappa shape index (κ3) is 2.22. The van der Waals surface area contributed by atoms with E-state index in [9.17, 15) is 14.4 Å². The predicted octanol–water partition coefficient (Wildman–Crippen LogP) is 3.22. The lowest BCUT2D eigenvalue weighted by atomic mass is 10.1. The van der Waals surface area contributed by atoms with Crippen molar-refractivity contribution in [3.63, 3.8) is 0 Å². The average Bonchev–Trinajstić information content (AvgIpc) is 3.06. The van der Waals surface area contributed by atoms with E-state index in [-0.39, 0.29) is 23.1 Å². The number of amides is 3. The molecule has 2 aromatic carbocycles. The van der Waals surface area contributed by atoms with E-state index < -0.39 is 5.91 Å². The molecular weight excluding hydrogens is 320 g/mol. The molecule has 0 fully saturated rings. The number of anilines is 1. The van der Waals surface area contributed by atoms with E-state index in [1.54, 1.807) is 18.2 Å². The summed E-state index contributed by atoms with van der Waals surface area (Å²) in [6, 6.07) is 12.1. The number of imide groups is 1. The van der Waals surface area contributed by atoms with Crippen LogP contribution in [-0.2, 0) is 0 Å². The van der Waals surface area contributed by atoms with Crippen LogP contribution in [0.2, 0.25) is 0 Å². The molecule has 1 aliphatic heterocycles. The zero-order chi connectivity index (χ0) is 17.7. The number of hydrogen-bond donors (Lipinski definition) is 1. The van der Waals surface area contributed by atoms with Crippen LogP contribution in [-0.4, -0.2) is 29.7 Å². The summed E-state index contributed by atoms with van der Waals surface area (Å²) in [6.07, 6.45) is 0. The summed E-state index contributed by atoms with van der Waals surface area (Å²) in [5.41, 5.74) is 2.44. The molecule has 124 valence electrons. The van der Waals surface area contributed by atoms with Gasteiger partial charge in [-0.2, -0.15) is 0 Å². The van der Waals surface area contributed by atoms with Gasteiger partial charge in [0.15, 0.2) is 5.76 Å². The largest absolute Gasteiger partial charge is 0.451 e. The molecule has 0 atom stereocenters. The zero-order valence-corrected chi connectivity index (χ0v) is 13.6. The molecule has 0 aliphatic carbocycles. The van der Waals surface area contributed by atoms with Gasteiger partial charge in [-0.3, -0.25) is 19.3 Å². The van der Waals surface area contributed by atoms with Crippen LogP contribution in [0, 0.1) is 6.92 Å². The van der Waals surface area contributed by atoms with Gasteiger partial charge in [-0.1, -0.05) is 18.2 Å². The van der Waals surface area contributed by atoms with Gasteiger partial charge < -0.3 is 9.73 Å². The molecule has 0 bridgehead atoms. The number of hydrogen-bond acceptors (Lipinski definition) is 4. The van der Waals surface area contributed by atoms with E-state index in [2.05, 4.69) is 5.32 Å². The molecule has 3 amide bonds. The number of furan rings is 1. The summed E-state index contributed by atoms with van der Waals surface area (Å²) in [5, 5.41) is 3.60. The maximum Gasteiger partial charge on any atom is 0.291 e. The number of nitrogens with zero attached hydrogens (tertiary/aromatic N) is 1. The Hall–Kier alpha value is -3.41. The molecule has 25 heavy (non-hydrogen) atoms. The van der Waals surface area contributed by atoms with Crippen LogP contribution in [0.1, 0.15) is 36.8 Å². The number of aryl methyl sites for hydroxylation is 1. The van der Waals surface area contributed by atoms with Crippen LogP contribution in [0.3, 0.4) is 0 Å². The van der Waals surface area contributed by atoms with E-state index in [4.69, 9.17) is 4.42 Å². The summed E-state index contributed by atoms with van der Waals surface area (Å²) in [7, 11) is 1.43. The monoisotopic (exact) mass is 334 g/mol. The number of rotatable bonds is 2. The second-order valence-electron chi connectivity index (χ2n) is 5.94. The van der Waals surface area contributed by atoms with Gasteiger partial charge in [-0.05, 0) is 31.2 Å². The first kappa shape index (κ1) is 15.1. The van der Waals surface area contributed by atoms with Crippen LogP contribution in [0.25, 0.3) is 11.0 Å². The summed E-state index contributed by atoms with van der Waals surface area (Å²) in [4.78, 5) is 37.6. The molecule has 3 aromatic rings. The van der Waals surface area contributed by atoms with Gasteiger partial charge >= 0.3 is 0 Å². The van der Waals surface area contributed by atoms with E-state index in [1.807, 2.05) is 25.1 Å². The summed E-state index contributed by atoms with van der Waals surface area (Å²) in [6.45, 7) is 1.82. The minimum absolute atomic E-state index is 0.223. The smallest absolute Gasteiger partial charge is 0.291 e. The Balaban J connectivity index is 1.67. The highest BCUT2D eigenvalue weighted by atomic mass is 16.3. The quantitative estimate of drug-likeness (QED) is 0.730. The van der Waals surface area contributed by atoms with Crippen molar-refractivity contribution in [3.8, 4) is 0 Å². The number of nitrogens with one attached hydrogen (secondary N) is 1. The van der Waals surface area contributed by atoms with Gasteiger partial charge in [0, 0.05) is 23.7 Å². The summed E-state index contributed by atoms with van der Waals surface area (Å²) >= 11 is 0. The molecule has 6 heteroatoms. The summed E-state index contributed by atoms with van der Waals surface area (Å²) in [5.74, 6) is -0.901. The van der Waals surface area contributed by atoms with Crippen molar-refractivity contribution >= 4 is 34.4 Å². The van der Waals surface area contributed by atoms with Gasteiger partial charge in [-0.15, -0.1) is 0 Å². The van der Waals surface area contributed by atoms with Gasteiger partial charge in [0.1, 0.15) is 5.58 Å². The standard InChI is InChI=1S/C19H14N2O4/c1-10-12-5-3-4-6-15(12)25-16(10)17(22)20-11-7-8-13-14(9-11)19(24)21(2)18(13)23/h3-9H,1-2H3,(H,20,22). The van der Waals surface area contributed by atoms with Gasteiger partial charge in [-0.25, -0.2) is 0 Å². The number of fused-ring (bicyclic) bond motifs is 2. The Labute approximate surface area is 143 Å². The summed E-state index contributed by atoms with van der Waals surface area (Å²) < 4.78 is 5.64. The second-order valence-corrected chi connectivity index (χ2v) is 5.94. The fourth-order valence-corrected chi connectivity index (χ4v) is 3.02. The fourth-order valence-electron chi connectivity index (χ4n) is 3.02. The molecule has 0 unspecified atom stereocenters. The lowest BCUT2D eigenvalue weighted by molar-refractivity contribution is 0.0692. The highest BCUT2D eigenvalue weighted by Gasteiger charge is 2.32. The maximum atomic E-state index is 12.5. The Kier molecular flexibility index (Phi) is 3.21. The maximum absolute atomic E-state index is 12.5. The Bertz CT molecular complexity index is 1060. The molecule has 6 nitrogen and oxygen atoms in total. The fraction of sp³-hybridized carbons (Fsp3) is 0.105. The molecule has 0 radical (unpaired) electrons. The molecule has 2 heterocycles. The van der Waals surface area contributed by atoms with Crippen molar-refractivity contribution in [1.29, 1.82) is 0 Å². The van der Waals surface area contributed by atoms with Gasteiger partial charge in [0.2, 0.25) is 0 Å². The van der Waals surface area contributed by atoms with Gasteiger partial charge in [0.25, 0.3) is 17.7 Å². The van der Waals surface area contributed by atoms with Crippen LogP contribution in [0.15, 0.2) is 46.9 Å². The predicted molar refractivity (Wildman–Crippen MR) is 91.8 cm³/mol. The second kappa shape index (κ2) is 5.31. The minimum Gasteiger partial charge on any atom is -0.451 e. The molecule has 0 spiro atoms. The molecule has 1 N–H and O–H groups in total. The van der Waals surface area contributed by atoms with E-state index in [1.165, 1.54) is 13.1 Å². The third-order valence-electron chi connectivity index (χ3n) is 4.40. The number of para-hydroxylation sites is 1. The third-order valence-corrected chi connectivity index (χ3v) is 4.40. The van der Waals surface area contributed by atoms with E-state index in [0.29, 0.717) is 16.8 Å². The zero-order valence-electron chi connectivity index (χ0n) is 13.6. The highest BCUT2D eigenvalue weighted by molar-refractivity contribution is 6.21. The first-order valence-electron chi connectivity index (χ1n) is 7.73. The normalized spacial score (nSPS) is 13.4. The number of benzene rings is 2. The van der Waals surface area contributed by atoms with Crippen LogP contribution in [0.4, 0.5) is 5.69 Å². The van der Waals surface area contributed by atoms with Crippen molar-refractivity contribution < 1.29 is 18.8 Å². The molecular formula is C19H14N2O4. The van der Waals surface area contributed by atoms with Crippen LogP contribution < -0.4 is 5.32 Å². The topological polar surface area (TPSA) is 79.6 Å². The molecule has 1 aliphatic rings. The molecule has 0 saturated heterocycles. The van der Waals surface area contributed by atoms with Crippen molar-refractivity contribution in [1.82, 2.24) is 4.90 Å². The lowest BCUT2D eigenvalue weighted by Crippen LogP contribution is -2.24. The Morgan fingerprint density at radius 1 is 1.04 bits per heavy atom. The van der Waals surface area contributed by atoms with Crippen molar-refractivity contribution in [3.05, 3.63) is 64.9 Å². The molecule has 1 aromatic heterocycles. The van der Waals surface area contributed by atoms with E-state index in [0.717, 1.165) is 15.8 Å². The van der Waals surface area contributed by atoms with Crippen molar-refractivity contribution in [2.24, 2.45) is 0 Å². The minimum atomic E-state index is -0.404. The first-order chi connectivity index (χ1) is 12.0. The van der Waals surface area contributed by atoms with Crippen molar-refractivity contribution in [2.75, 3.05) is 12.4 Å². The molecule has 0 saturated carbocycles. The number of carbonyl (C=O) groups excluding carboxylic acids is 3. The van der Waals surface area contributed by atoms with Crippen LogP contribution >= 0.6 is 0 Å². The highest BCUT2D eigenvalue weighted by Crippen LogP contribution is 2.27. The van der Waals surface area contributed by atoms with E-state index >= 15 is 0 Å². The first-order valence-corrected chi connectivity index (χ1v) is 7.73. The SMILES string of the molecule is Cc1c(C(=O)Nc2ccc3c(c2)C(=O)N(C)C3=O)oc2ccccc12. The average molecular weight is 334 g/mol. The van der Waals surface area contributed by atoms with Crippen LogP contribution in [0.5, 0.6) is 0 Å².